The number of halogens is 1. The number of hydrogen-bond donors (Lipinski definition) is 1. The van der Waals surface area contributed by atoms with E-state index in [4.69, 9.17) is 9.47 Å². The van der Waals surface area contributed by atoms with Crippen molar-refractivity contribution in [3.8, 4) is 5.75 Å². The number of para-hydroxylation sites is 1. The van der Waals surface area contributed by atoms with Crippen molar-refractivity contribution in [2.75, 3.05) is 60.0 Å². The van der Waals surface area contributed by atoms with Gasteiger partial charge in [-0.25, -0.2) is 0 Å². The van der Waals surface area contributed by atoms with Crippen molar-refractivity contribution in [3.05, 3.63) is 29.8 Å². The second-order valence-electron chi connectivity index (χ2n) is 7.02. The fourth-order valence-corrected chi connectivity index (χ4v) is 3.23. The molecule has 27 heavy (non-hydrogen) atoms. The molecule has 0 aliphatic carbocycles. The quantitative estimate of drug-likeness (QED) is 0.263. The standard InChI is InChI=1S/C20H34N4O2.HI/c1-17(2)15-23-10-12-24(13-11-23)20(21-3)22-9-14-26-16-18-7-5-6-8-19(18)25-4;/h5-8,17H,9-16H2,1-4H3,(H,21,22);1H. The van der Waals surface area contributed by atoms with Gasteiger partial charge < -0.3 is 19.7 Å². The third-order valence-electron chi connectivity index (χ3n) is 4.49. The van der Waals surface area contributed by atoms with E-state index in [0.29, 0.717) is 13.2 Å². The van der Waals surface area contributed by atoms with Crippen LogP contribution in [0.2, 0.25) is 0 Å². The van der Waals surface area contributed by atoms with Gasteiger partial charge in [0.25, 0.3) is 0 Å². The number of guanidine groups is 1. The summed E-state index contributed by atoms with van der Waals surface area (Å²) >= 11 is 0. The van der Waals surface area contributed by atoms with Crippen molar-refractivity contribution in [2.24, 2.45) is 10.9 Å². The summed E-state index contributed by atoms with van der Waals surface area (Å²) in [6, 6.07) is 7.95. The van der Waals surface area contributed by atoms with Crippen molar-refractivity contribution >= 4 is 29.9 Å². The molecular formula is C20H35IN4O2. The highest BCUT2D eigenvalue weighted by molar-refractivity contribution is 14.0. The second kappa shape index (κ2) is 13.2. The zero-order valence-electron chi connectivity index (χ0n) is 17.1. The van der Waals surface area contributed by atoms with Crippen LogP contribution in [0, 0.1) is 5.92 Å². The van der Waals surface area contributed by atoms with Crippen LogP contribution in [0.15, 0.2) is 29.3 Å². The largest absolute Gasteiger partial charge is 0.496 e. The fourth-order valence-electron chi connectivity index (χ4n) is 3.23. The van der Waals surface area contributed by atoms with Crippen LogP contribution in [0.4, 0.5) is 0 Å². The normalized spacial score (nSPS) is 15.6. The van der Waals surface area contributed by atoms with E-state index in [9.17, 15) is 0 Å². The number of methoxy groups -OCH3 is 1. The molecule has 1 aliphatic rings. The van der Waals surface area contributed by atoms with Crippen LogP contribution >= 0.6 is 24.0 Å². The van der Waals surface area contributed by atoms with Gasteiger partial charge in [0, 0.05) is 51.9 Å². The molecule has 0 atom stereocenters. The number of nitrogens with one attached hydrogen (secondary N) is 1. The molecule has 0 radical (unpaired) electrons. The Morgan fingerprint density at radius 3 is 2.52 bits per heavy atom. The first-order valence-electron chi connectivity index (χ1n) is 9.51. The Labute approximate surface area is 181 Å². The number of nitrogens with zero attached hydrogens (tertiary/aromatic N) is 3. The average molecular weight is 490 g/mol. The van der Waals surface area contributed by atoms with Crippen LogP contribution in [-0.4, -0.2) is 75.8 Å². The Balaban J connectivity index is 0.00000364. The van der Waals surface area contributed by atoms with Gasteiger partial charge in [-0.2, -0.15) is 0 Å². The van der Waals surface area contributed by atoms with Gasteiger partial charge in [-0.15, -0.1) is 24.0 Å². The zero-order valence-corrected chi connectivity index (χ0v) is 19.4. The van der Waals surface area contributed by atoms with Crippen molar-refractivity contribution in [1.29, 1.82) is 0 Å². The van der Waals surface area contributed by atoms with Gasteiger partial charge in [0.2, 0.25) is 0 Å². The minimum atomic E-state index is 0. The van der Waals surface area contributed by atoms with E-state index in [2.05, 4.69) is 34.0 Å². The van der Waals surface area contributed by atoms with E-state index < -0.39 is 0 Å². The molecule has 1 aromatic rings. The zero-order chi connectivity index (χ0) is 18.8. The molecule has 7 heteroatoms. The highest BCUT2D eigenvalue weighted by Crippen LogP contribution is 2.17. The SMILES string of the molecule is CN=C(NCCOCc1ccccc1OC)N1CCN(CC(C)C)CC1.I. The molecule has 0 bridgehead atoms. The monoisotopic (exact) mass is 490 g/mol. The van der Waals surface area contributed by atoms with Crippen molar-refractivity contribution in [1.82, 2.24) is 15.1 Å². The highest BCUT2D eigenvalue weighted by atomic mass is 127. The van der Waals surface area contributed by atoms with E-state index in [0.717, 1.165) is 55.9 Å². The number of hydrogen-bond acceptors (Lipinski definition) is 4. The summed E-state index contributed by atoms with van der Waals surface area (Å²) in [5.74, 6) is 2.56. The van der Waals surface area contributed by atoms with Gasteiger partial charge in [0.15, 0.2) is 5.96 Å². The average Bonchev–Trinajstić information content (AvgIpc) is 2.65. The summed E-state index contributed by atoms with van der Waals surface area (Å²) in [6.07, 6.45) is 0. The molecule has 0 amide bonds. The van der Waals surface area contributed by atoms with E-state index in [1.165, 1.54) is 6.54 Å². The van der Waals surface area contributed by atoms with Crippen LogP contribution in [-0.2, 0) is 11.3 Å². The predicted molar refractivity (Wildman–Crippen MR) is 122 cm³/mol. The summed E-state index contributed by atoms with van der Waals surface area (Å²) in [4.78, 5) is 9.28. The minimum absolute atomic E-state index is 0. The van der Waals surface area contributed by atoms with Crippen LogP contribution in [0.1, 0.15) is 19.4 Å². The molecular weight excluding hydrogens is 455 g/mol. The molecule has 0 spiro atoms. The molecule has 1 heterocycles. The second-order valence-corrected chi connectivity index (χ2v) is 7.02. The molecule has 0 aromatic heterocycles. The van der Waals surface area contributed by atoms with E-state index in [-0.39, 0.29) is 24.0 Å². The number of piperazine rings is 1. The Morgan fingerprint density at radius 1 is 1.19 bits per heavy atom. The van der Waals surface area contributed by atoms with Crippen molar-refractivity contribution in [2.45, 2.75) is 20.5 Å². The maximum Gasteiger partial charge on any atom is 0.193 e. The lowest BCUT2D eigenvalue weighted by Gasteiger charge is -2.37. The number of rotatable bonds is 8. The number of ether oxygens (including phenoxy) is 2. The molecule has 0 unspecified atom stereocenters. The van der Waals surface area contributed by atoms with Crippen LogP contribution < -0.4 is 10.1 Å². The number of aliphatic imine (C=N–C) groups is 1. The van der Waals surface area contributed by atoms with Crippen LogP contribution in [0.3, 0.4) is 0 Å². The molecule has 1 N–H and O–H groups in total. The molecule has 1 fully saturated rings. The minimum Gasteiger partial charge on any atom is -0.496 e. The lowest BCUT2D eigenvalue weighted by Crippen LogP contribution is -2.53. The molecule has 1 aliphatic heterocycles. The summed E-state index contributed by atoms with van der Waals surface area (Å²) < 4.78 is 11.1. The Hall–Kier alpha value is -1.06. The van der Waals surface area contributed by atoms with Crippen LogP contribution in [0.25, 0.3) is 0 Å². The smallest absolute Gasteiger partial charge is 0.193 e. The lowest BCUT2D eigenvalue weighted by atomic mass is 10.2. The van der Waals surface area contributed by atoms with Gasteiger partial charge in [0.05, 0.1) is 20.3 Å². The molecule has 2 rings (SSSR count). The first-order valence-corrected chi connectivity index (χ1v) is 9.51. The fraction of sp³-hybridized carbons (Fsp3) is 0.650. The van der Waals surface area contributed by atoms with E-state index in [1.54, 1.807) is 7.11 Å². The molecule has 0 saturated carbocycles. The first kappa shape index (κ1) is 24.0. The summed E-state index contributed by atoms with van der Waals surface area (Å²) in [7, 11) is 3.53. The molecule has 1 saturated heterocycles. The maximum absolute atomic E-state index is 5.78. The maximum atomic E-state index is 5.78. The summed E-state index contributed by atoms with van der Waals surface area (Å²) in [6.45, 7) is 11.9. The van der Waals surface area contributed by atoms with Crippen LogP contribution in [0.5, 0.6) is 5.75 Å². The lowest BCUT2D eigenvalue weighted by molar-refractivity contribution is 0.122. The Kier molecular flexibility index (Phi) is 11.7. The Morgan fingerprint density at radius 2 is 1.89 bits per heavy atom. The van der Waals surface area contributed by atoms with Gasteiger partial charge in [0.1, 0.15) is 5.75 Å². The molecule has 6 nitrogen and oxygen atoms in total. The third kappa shape index (κ3) is 8.23. The summed E-state index contributed by atoms with van der Waals surface area (Å²) in [5.41, 5.74) is 1.07. The van der Waals surface area contributed by atoms with Crippen molar-refractivity contribution in [3.63, 3.8) is 0 Å². The van der Waals surface area contributed by atoms with E-state index in [1.807, 2.05) is 31.3 Å². The van der Waals surface area contributed by atoms with Gasteiger partial charge >= 0.3 is 0 Å². The van der Waals surface area contributed by atoms with Crippen molar-refractivity contribution < 1.29 is 9.47 Å². The summed E-state index contributed by atoms with van der Waals surface area (Å²) in [5, 5.41) is 3.41. The topological polar surface area (TPSA) is 49.3 Å². The van der Waals surface area contributed by atoms with Gasteiger partial charge in [-0.1, -0.05) is 32.0 Å². The van der Waals surface area contributed by atoms with Gasteiger partial charge in [-0.3, -0.25) is 9.89 Å². The molecule has 154 valence electrons. The molecule has 1 aromatic carbocycles. The number of benzene rings is 1. The van der Waals surface area contributed by atoms with Gasteiger partial charge in [-0.05, 0) is 12.0 Å². The third-order valence-corrected chi connectivity index (χ3v) is 4.49. The Bertz CT molecular complexity index is 561. The first-order chi connectivity index (χ1) is 12.6. The van der Waals surface area contributed by atoms with E-state index >= 15 is 0 Å². The predicted octanol–water partition coefficient (Wildman–Crippen LogP) is 2.68. The highest BCUT2D eigenvalue weighted by Gasteiger charge is 2.19.